The number of pyridine rings is 1. The minimum Gasteiger partial charge on any atom is -0.497 e. The molecule has 1 fully saturated rings. The van der Waals surface area contributed by atoms with Crippen LogP contribution in [0.3, 0.4) is 0 Å². The lowest BCUT2D eigenvalue weighted by Gasteiger charge is -2.30. The van der Waals surface area contributed by atoms with Crippen molar-refractivity contribution in [3.63, 3.8) is 0 Å². The maximum atomic E-state index is 13.4. The highest BCUT2D eigenvalue weighted by atomic mass is 16.5. The average Bonchev–Trinajstić information content (AvgIpc) is 3.46. The molecule has 0 spiro atoms. The number of benzene rings is 3. The summed E-state index contributed by atoms with van der Waals surface area (Å²) in [5, 5.41) is 9.04. The lowest BCUT2D eigenvalue weighted by Crippen LogP contribution is -2.38. The number of hydrogen-bond acceptors (Lipinski definition) is 6. The van der Waals surface area contributed by atoms with Crippen molar-refractivity contribution in [3.05, 3.63) is 108 Å². The quantitative estimate of drug-likeness (QED) is 0.306. The molecular weight excluding hydrogens is 490 g/mol. The predicted molar refractivity (Wildman–Crippen MR) is 148 cm³/mol. The molecule has 0 saturated carbocycles. The van der Waals surface area contributed by atoms with Crippen LogP contribution in [0.1, 0.15) is 27.9 Å². The number of ether oxygens (including phenoxy) is 3. The molecular formula is C32H29N3O4. The molecule has 4 aromatic rings. The van der Waals surface area contributed by atoms with Gasteiger partial charge in [-0.25, -0.2) is 4.98 Å². The minimum atomic E-state index is -0.426. The SMILES string of the molecule is COc1ccc(C(=O)N2CCC(COc3ccc(-c4ccc(C#N)cc4)cc3)(c3ccnc(OC)c3)C2)cc1. The van der Waals surface area contributed by atoms with E-state index in [1.54, 1.807) is 44.7 Å². The Morgan fingerprint density at radius 3 is 2.23 bits per heavy atom. The van der Waals surface area contributed by atoms with Gasteiger partial charge in [-0.05, 0) is 77.7 Å². The highest BCUT2D eigenvalue weighted by molar-refractivity contribution is 5.94. The number of methoxy groups -OCH3 is 2. The molecule has 1 aliphatic heterocycles. The van der Waals surface area contributed by atoms with Gasteiger partial charge in [0, 0.05) is 36.3 Å². The lowest BCUT2D eigenvalue weighted by molar-refractivity contribution is 0.0776. The molecule has 196 valence electrons. The van der Waals surface area contributed by atoms with Crippen LogP contribution in [0.4, 0.5) is 0 Å². The molecule has 1 amide bonds. The second kappa shape index (κ2) is 11.3. The summed E-state index contributed by atoms with van der Waals surface area (Å²) >= 11 is 0. The first-order chi connectivity index (χ1) is 19.0. The molecule has 2 heterocycles. The highest BCUT2D eigenvalue weighted by Crippen LogP contribution is 2.37. The Hall–Kier alpha value is -4.83. The molecule has 0 radical (unpaired) electrons. The van der Waals surface area contributed by atoms with Crippen LogP contribution in [0, 0.1) is 11.3 Å². The molecule has 1 aliphatic rings. The van der Waals surface area contributed by atoms with E-state index in [-0.39, 0.29) is 5.91 Å². The third kappa shape index (κ3) is 5.55. The summed E-state index contributed by atoms with van der Waals surface area (Å²) in [5.74, 6) is 1.96. The number of carbonyl (C=O) groups excluding carboxylic acids is 1. The van der Waals surface area contributed by atoms with Gasteiger partial charge in [0.1, 0.15) is 11.5 Å². The molecule has 1 saturated heterocycles. The molecule has 7 nitrogen and oxygen atoms in total. The molecule has 0 aliphatic carbocycles. The normalized spacial score (nSPS) is 16.4. The number of nitriles is 1. The molecule has 3 aromatic carbocycles. The Morgan fingerprint density at radius 1 is 0.923 bits per heavy atom. The predicted octanol–water partition coefficient (Wildman–Crippen LogP) is 5.50. The third-order valence-corrected chi connectivity index (χ3v) is 7.25. The number of nitrogens with zero attached hydrogens (tertiary/aromatic N) is 3. The molecule has 39 heavy (non-hydrogen) atoms. The van der Waals surface area contributed by atoms with Crippen molar-refractivity contribution in [2.24, 2.45) is 0 Å². The van der Waals surface area contributed by atoms with E-state index in [0.29, 0.717) is 42.5 Å². The Labute approximate surface area is 228 Å². The van der Waals surface area contributed by atoms with Crippen molar-refractivity contribution in [1.82, 2.24) is 9.88 Å². The third-order valence-electron chi connectivity index (χ3n) is 7.25. The monoisotopic (exact) mass is 519 g/mol. The summed E-state index contributed by atoms with van der Waals surface area (Å²) in [6.45, 7) is 1.51. The Balaban J connectivity index is 1.35. The standard InChI is InChI=1S/C32H29N3O4/c1-37-28-11-9-26(10-12-28)31(36)35-18-16-32(21-35,27-15-17-34-30(19-27)38-2)22-39-29-13-7-25(8-14-29)24-5-3-23(20-33)4-6-24/h3-15,17,19H,16,18,21-22H2,1-2H3. The van der Waals surface area contributed by atoms with Crippen LogP contribution in [0.5, 0.6) is 17.4 Å². The fraction of sp³-hybridized carbons (Fsp3) is 0.219. The van der Waals surface area contributed by atoms with E-state index in [1.807, 2.05) is 65.6 Å². The number of likely N-dealkylation sites (tertiary alicyclic amines) is 1. The van der Waals surface area contributed by atoms with Crippen molar-refractivity contribution < 1.29 is 19.0 Å². The van der Waals surface area contributed by atoms with Gasteiger partial charge in [0.2, 0.25) is 5.88 Å². The van der Waals surface area contributed by atoms with Gasteiger partial charge in [0.15, 0.2) is 0 Å². The summed E-state index contributed by atoms with van der Waals surface area (Å²) < 4.78 is 17.0. The van der Waals surface area contributed by atoms with E-state index < -0.39 is 5.41 Å². The van der Waals surface area contributed by atoms with Crippen LogP contribution in [-0.4, -0.2) is 49.7 Å². The van der Waals surface area contributed by atoms with Crippen LogP contribution >= 0.6 is 0 Å². The molecule has 0 N–H and O–H groups in total. The summed E-state index contributed by atoms with van der Waals surface area (Å²) in [4.78, 5) is 19.5. The van der Waals surface area contributed by atoms with Gasteiger partial charge in [-0.15, -0.1) is 0 Å². The van der Waals surface area contributed by atoms with Gasteiger partial charge < -0.3 is 19.1 Å². The van der Waals surface area contributed by atoms with Gasteiger partial charge in [0.25, 0.3) is 5.91 Å². The molecule has 1 atom stereocenters. The first-order valence-corrected chi connectivity index (χ1v) is 12.7. The average molecular weight is 520 g/mol. The van der Waals surface area contributed by atoms with Gasteiger partial charge in [-0.1, -0.05) is 24.3 Å². The number of aromatic nitrogens is 1. The smallest absolute Gasteiger partial charge is 0.253 e. The van der Waals surface area contributed by atoms with Crippen molar-refractivity contribution in [3.8, 4) is 34.6 Å². The van der Waals surface area contributed by atoms with E-state index in [9.17, 15) is 4.79 Å². The van der Waals surface area contributed by atoms with E-state index in [0.717, 1.165) is 28.9 Å². The van der Waals surface area contributed by atoms with Gasteiger partial charge in [-0.2, -0.15) is 5.26 Å². The highest BCUT2D eigenvalue weighted by Gasteiger charge is 2.43. The fourth-order valence-electron chi connectivity index (χ4n) is 4.95. The van der Waals surface area contributed by atoms with E-state index in [4.69, 9.17) is 19.5 Å². The first kappa shape index (κ1) is 25.8. The maximum absolute atomic E-state index is 13.4. The van der Waals surface area contributed by atoms with Crippen LogP contribution in [-0.2, 0) is 5.41 Å². The van der Waals surface area contributed by atoms with Crippen molar-refractivity contribution in [2.45, 2.75) is 11.8 Å². The Kier molecular flexibility index (Phi) is 7.46. The molecule has 1 aromatic heterocycles. The van der Waals surface area contributed by atoms with E-state index >= 15 is 0 Å². The van der Waals surface area contributed by atoms with E-state index in [1.165, 1.54) is 0 Å². The van der Waals surface area contributed by atoms with Crippen molar-refractivity contribution in [1.29, 1.82) is 5.26 Å². The largest absolute Gasteiger partial charge is 0.497 e. The Morgan fingerprint density at radius 2 is 1.59 bits per heavy atom. The number of carbonyl (C=O) groups is 1. The number of amides is 1. The zero-order valence-corrected chi connectivity index (χ0v) is 22.0. The zero-order valence-electron chi connectivity index (χ0n) is 22.0. The van der Waals surface area contributed by atoms with Crippen LogP contribution in [0.2, 0.25) is 0 Å². The lowest BCUT2D eigenvalue weighted by atomic mass is 9.81. The second-order valence-corrected chi connectivity index (χ2v) is 9.57. The summed E-state index contributed by atoms with van der Waals surface area (Å²) in [7, 11) is 3.20. The van der Waals surface area contributed by atoms with Gasteiger partial charge in [-0.3, -0.25) is 4.79 Å². The molecule has 5 rings (SSSR count). The number of hydrogen-bond donors (Lipinski definition) is 0. The molecule has 7 heteroatoms. The van der Waals surface area contributed by atoms with Crippen LogP contribution < -0.4 is 14.2 Å². The fourth-order valence-corrected chi connectivity index (χ4v) is 4.95. The summed E-state index contributed by atoms with van der Waals surface area (Å²) in [5.41, 5.74) is 3.92. The Bertz CT molecular complexity index is 1480. The summed E-state index contributed by atoms with van der Waals surface area (Å²) in [6, 6.07) is 28.6. The minimum absolute atomic E-state index is 0.0210. The first-order valence-electron chi connectivity index (χ1n) is 12.7. The van der Waals surface area contributed by atoms with E-state index in [2.05, 4.69) is 11.1 Å². The zero-order chi connectivity index (χ0) is 27.2. The van der Waals surface area contributed by atoms with Crippen molar-refractivity contribution >= 4 is 5.91 Å². The van der Waals surface area contributed by atoms with Crippen LogP contribution in [0.25, 0.3) is 11.1 Å². The topological polar surface area (TPSA) is 84.7 Å². The van der Waals surface area contributed by atoms with Crippen LogP contribution in [0.15, 0.2) is 91.1 Å². The summed E-state index contributed by atoms with van der Waals surface area (Å²) in [6.07, 6.45) is 2.47. The maximum Gasteiger partial charge on any atom is 0.253 e. The van der Waals surface area contributed by atoms with Crippen molar-refractivity contribution in [2.75, 3.05) is 33.9 Å². The second-order valence-electron chi connectivity index (χ2n) is 9.57. The van der Waals surface area contributed by atoms with Gasteiger partial charge >= 0.3 is 0 Å². The number of rotatable bonds is 8. The molecule has 1 unspecified atom stereocenters. The van der Waals surface area contributed by atoms with Gasteiger partial charge in [0.05, 0.1) is 32.5 Å². The molecule has 0 bridgehead atoms.